The number of hydrogen-bond donors (Lipinski definition) is 1. The van der Waals surface area contributed by atoms with Crippen LogP contribution in [0, 0.1) is 0 Å². The van der Waals surface area contributed by atoms with Crippen LogP contribution < -0.4 is 10.1 Å². The van der Waals surface area contributed by atoms with Gasteiger partial charge in [-0.1, -0.05) is 0 Å². The molecule has 124 valence electrons. The van der Waals surface area contributed by atoms with E-state index >= 15 is 0 Å². The standard InChI is InChI=1S/C14H19BrN2O3S.ClH/c1-20-14-5-4-12(8-13(14)15)21(18,19)17-10-2-3-11(17)9-16-7-6-10;/h4-5,8,10-11,16H,2-3,6-7,9H2,1H3;1H. The number of nitrogens with one attached hydrogen (secondary N) is 1. The van der Waals surface area contributed by atoms with E-state index < -0.39 is 10.0 Å². The van der Waals surface area contributed by atoms with Gasteiger partial charge in [0.2, 0.25) is 10.0 Å². The average Bonchev–Trinajstić information content (AvgIpc) is 2.72. The summed E-state index contributed by atoms with van der Waals surface area (Å²) in [5.41, 5.74) is 0. The molecule has 0 spiro atoms. The van der Waals surface area contributed by atoms with Gasteiger partial charge < -0.3 is 10.1 Å². The van der Waals surface area contributed by atoms with Gasteiger partial charge in [-0.3, -0.25) is 0 Å². The van der Waals surface area contributed by atoms with Crippen molar-refractivity contribution in [2.45, 2.75) is 36.2 Å². The zero-order valence-electron chi connectivity index (χ0n) is 12.3. The van der Waals surface area contributed by atoms with Crippen LogP contribution in [0.3, 0.4) is 0 Å². The lowest BCUT2D eigenvalue weighted by Crippen LogP contribution is -2.42. The number of sulfonamides is 1. The van der Waals surface area contributed by atoms with E-state index in [9.17, 15) is 8.42 Å². The van der Waals surface area contributed by atoms with Crippen molar-refractivity contribution < 1.29 is 13.2 Å². The molecule has 2 aliphatic heterocycles. The molecule has 2 bridgehead atoms. The fourth-order valence-corrected chi connectivity index (χ4v) is 5.88. The molecule has 1 aromatic carbocycles. The van der Waals surface area contributed by atoms with Gasteiger partial charge in [0.05, 0.1) is 16.5 Å². The second kappa shape index (κ2) is 7.05. The molecule has 2 atom stereocenters. The van der Waals surface area contributed by atoms with Crippen molar-refractivity contribution >= 4 is 38.4 Å². The van der Waals surface area contributed by atoms with Gasteiger partial charge in [-0.05, 0) is 59.9 Å². The number of ether oxygens (including phenoxy) is 1. The van der Waals surface area contributed by atoms with Crippen LogP contribution in [0.1, 0.15) is 19.3 Å². The van der Waals surface area contributed by atoms with E-state index in [1.165, 1.54) is 0 Å². The maximum atomic E-state index is 13.0. The van der Waals surface area contributed by atoms with E-state index in [0.717, 1.165) is 32.4 Å². The molecule has 2 saturated heterocycles. The van der Waals surface area contributed by atoms with Gasteiger partial charge in [0.1, 0.15) is 5.75 Å². The highest BCUT2D eigenvalue weighted by atomic mass is 79.9. The number of halogens is 2. The fourth-order valence-electron chi connectivity index (χ4n) is 3.26. The van der Waals surface area contributed by atoms with Gasteiger partial charge in [-0.15, -0.1) is 12.4 Å². The number of fused-ring (bicyclic) bond motifs is 2. The summed E-state index contributed by atoms with van der Waals surface area (Å²) in [4.78, 5) is 0.328. The van der Waals surface area contributed by atoms with E-state index in [0.29, 0.717) is 15.1 Å². The van der Waals surface area contributed by atoms with Gasteiger partial charge in [0, 0.05) is 18.6 Å². The minimum absolute atomic E-state index is 0. The minimum atomic E-state index is -3.46. The molecule has 0 aromatic heterocycles. The molecular formula is C14H20BrClN2O3S. The molecule has 0 amide bonds. The molecule has 0 saturated carbocycles. The van der Waals surface area contributed by atoms with E-state index in [-0.39, 0.29) is 24.5 Å². The predicted octanol–water partition coefficient (Wildman–Crippen LogP) is 2.39. The third kappa shape index (κ3) is 3.14. The first-order valence-electron chi connectivity index (χ1n) is 7.12. The first kappa shape index (κ1) is 18.0. The quantitative estimate of drug-likeness (QED) is 0.830. The fraction of sp³-hybridized carbons (Fsp3) is 0.571. The van der Waals surface area contributed by atoms with E-state index in [2.05, 4.69) is 21.2 Å². The van der Waals surface area contributed by atoms with Crippen molar-refractivity contribution in [3.8, 4) is 5.75 Å². The summed E-state index contributed by atoms with van der Waals surface area (Å²) in [6.07, 6.45) is 2.78. The normalized spacial score (nSPS) is 25.4. The zero-order chi connectivity index (χ0) is 15.0. The molecule has 2 aliphatic rings. The highest BCUT2D eigenvalue weighted by Crippen LogP contribution is 2.35. The van der Waals surface area contributed by atoms with Crippen LogP contribution in [-0.2, 0) is 10.0 Å². The zero-order valence-corrected chi connectivity index (χ0v) is 15.5. The maximum absolute atomic E-state index is 13.0. The lowest BCUT2D eigenvalue weighted by atomic mass is 10.1. The smallest absolute Gasteiger partial charge is 0.243 e. The first-order valence-corrected chi connectivity index (χ1v) is 9.35. The van der Waals surface area contributed by atoms with Crippen LogP contribution in [0.4, 0.5) is 0 Å². The minimum Gasteiger partial charge on any atom is -0.496 e. The van der Waals surface area contributed by atoms with Crippen molar-refractivity contribution in [3.05, 3.63) is 22.7 Å². The molecule has 1 aromatic rings. The Morgan fingerprint density at radius 1 is 1.27 bits per heavy atom. The Balaban J connectivity index is 0.00000176. The lowest BCUT2D eigenvalue weighted by molar-refractivity contribution is 0.334. The third-order valence-corrected chi connectivity index (χ3v) is 6.91. The summed E-state index contributed by atoms with van der Waals surface area (Å²) in [6, 6.07) is 5.14. The number of rotatable bonds is 3. The summed E-state index contributed by atoms with van der Waals surface area (Å²) in [5.74, 6) is 0.634. The van der Waals surface area contributed by atoms with Crippen LogP contribution in [0.25, 0.3) is 0 Å². The van der Waals surface area contributed by atoms with Crippen LogP contribution in [-0.4, -0.2) is 45.0 Å². The molecule has 1 N–H and O–H groups in total. The number of methoxy groups -OCH3 is 1. The maximum Gasteiger partial charge on any atom is 0.243 e. The molecule has 22 heavy (non-hydrogen) atoms. The summed E-state index contributed by atoms with van der Waals surface area (Å²) in [7, 11) is -1.90. The molecular weight excluding hydrogens is 392 g/mol. The van der Waals surface area contributed by atoms with Crippen LogP contribution in [0.5, 0.6) is 5.75 Å². The molecule has 0 radical (unpaired) electrons. The van der Waals surface area contributed by atoms with Crippen molar-refractivity contribution in [2.75, 3.05) is 20.2 Å². The number of hydrogen-bond acceptors (Lipinski definition) is 4. The Morgan fingerprint density at radius 2 is 2.00 bits per heavy atom. The Kier molecular flexibility index (Phi) is 5.77. The summed E-state index contributed by atoms with van der Waals surface area (Å²) in [5, 5.41) is 3.33. The highest BCUT2D eigenvalue weighted by Gasteiger charge is 2.43. The van der Waals surface area contributed by atoms with Crippen LogP contribution >= 0.6 is 28.3 Å². The summed E-state index contributed by atoms with van der Waals surface area (Å²) in [6.45, 7) is 1.63. The van der Waals surface area contributed by atoms with E-state index in [1.54, 1.807) is 29.6 Å². The topological polar surface area (TPSA) is 58.6 Å². The van der Waals surface area contributed by atoms with E-state index in [4.69, 9.17) is 4.74 Å². The Bertz CT molecular complexity index is 627. The van der Waals surface area contributed by atoms with Crippen molar-refractivity contribution in [1.29, 1.82) is 0 Å². The first-order chi connectivity index (χ1) is 10.0. The second-order valence-electron chi connectivity index (χ2n) is 5.51. The monoisotopic (exact) mass is 410 g/mol. The molecule has 2 heterocycles. The van der Waals surface area contributed by atoms with Crippen LogP contribution in [0.2, 0.25) is 0 Å². The number of benzene rings is 1. The highest BCUT2D eigenvalue weighted by molar-refractivity contribution is 9.10. The Hall–Kier alpha value is -0.340. The lowest BCUT2D eigenvalue weighted by Gasteiger charge is -2.27. The van der Waals surface area contributed by atoms with Gasteiger partial charge in [0.25, 0.3) is 0 Å². The molecule has 2 unspecified atom stereocenters. The predicted molar refractivity (Wildman–Crippen MR) is 91.3 cm³/mol. The van der Waals surface area contributed by atoms with Crippen molar-refractivity contribution in [2.24, 2.45) is 0 Å². The third-order valence-electron chi connectivity index (χ3n) is 4.29. The summed E-state index contributed by atoms with van der Waals surface area (Å²) < 4.78 is 33.5. The van der Waals surface area contributed by atoms with Gasteiger partial charge in [0.15, 0.2) is 0 Å². The second-order valence-corrected chi connectivity index (χ2v) is 8.21. The van der Waals surface area contributed by atoms with E-state index in [1.807, 2.05) is 0 Å². The SMILES string of the molecule is COc1ccc(S(=O)(=O)N2C3CCNCC2CC3)cc1Br.Cl. The Morgan fingerprint density at radius 3 is 2.68 bits per heavy atom. The van der Waals surface area contributed by atoms with Crippen molar-refractivity contribution in [3.63, 3.8) is 0 Å². The Labute approximate surface area is 146 Å². The van der Waals surface area contributed by atoms with Crippen LogP contribution in [0.15, 0.2) is 27.6 Å². The van der Waals surface area contributed by atoms with Crippen molar-refractivity contribution in [1.82, 2.24) is 9.62 Å². The van der Waals surface area contributed by atoms with Gasteiger partial charge in [-0.2, -0.15) is 4.31 Å². The van der Waals surface area contributed by atoms with Gasteiger partial charge >= 0.3 is 0 Å². The molecule has 2 fully saturated rings. The molecule has 8 heteroatoms. The number of nitrogens with zero attached hydrogens (tertiary/aromatic N) is 1. The van der Waals surface area contributed by atoms with Gasteiger partial charge in [-0.25, -0.2) is 8.42 Å². The largest absolute Gasteiger partial charge is 0.496 e. The average molecular weight is 412 g/mol. The molecule has 3 rings (SSSR count). The molecule has 5 nitrogen and oxygen atoms in total. The summed E-state index contributed by atoms with van der Waals surface area (Å²) >= 11 is 3.36. The molecule has 0 aliphatic carbocycles.